The molecule has 2 aromatic heterocycles. The molecule has 0 saturated heterocycles. The minimum Gasteiger partial charge on any atom is -0.457 e. The van der Waals surface area contributed by atoms with E-state index in [1.54, 1.807) is 24.3 Å². The maximum Gasteiger partial charge on any atom is 0.149 e. The van der Waals surface area contributed by atoms with Crippen LogP contribution in [-0.4, -0.2) is 9.97 Å². The molecule has 0 atom stereocenters. The lowest BCUT2D eigenvalue weighted by Gasteiger charge is -1.96. The number of H-pyrrole nitrogens is 1. The molecule has 0 aliphatic rings. The van der Waals surface area contributed by atoms with Crippen LogP contribution in [0, 0.1) is 23.0 Å². The summed E-state index contributed by atoms with van der Waals surface area (Å²) < 4.78 is 32.3. The molecule has 6 heteroatoms. The van der Waals surface area contributed by atoms with Gasteiger partial charge >= 0.3 is 0 Å². The fourth-order valence-electron chi connectivity index (χ4n) is 2.63. The van der Waals surface area contributed by atoms with Gasteiger partial charge in [0, 0.05) is 11.6 Å². The first kappa shape index (κ1) is 15.8. The molecule has 4 nitrogen and oxygen atoms in total. The second kappa shape index (κ2) is 6.30. The third-order valence-electron chi connectivity index (χ3n) is 3.84. The molecule has 2 heterocycles. The zero-order chi connectivity index (χ0) is 18.1. The largest absolute Gasteiger partial charge is 0.457 e. The number of aromatic nitrogens is 2. The van der Waals surface area contributed by atoms with Gasteiger partial charge in [0.05, 0.1) is 16.6 Å². The monoisotopic (exact) mass is 347 g/mol. The van der Waals surface area contributed by atoms with Crippen LogP contribution in [0.15, 0.2) is 59.0 Å². The summed E-state index contributed by atoms with van der Waals surface area (Å²) in [4.78, 5) is 7.21. The van der Waals surface area contributed by atoms with Crippen molar-refractivity contribution in [1.82, 2.24) is 9.97 Å². The van der Waals surface area contributed by atoms with E-state index in [2.05, 4.69) is 16.0 Å². The van der Waals surface area contributed by atoms with Gasteiger partial charge in [-0.3, -0.25) is 0 Å². The zero-order valence-electron chi connectivity index (χ0n) is 13.3. The summed E-state index contributed by atoms with van der Waals surface area (Å²) in [7, 11) is 0. The molecule has 0 saturated carbocycles. The molecule has 0 radical (unpaired) electrons. The van der Waals surface area contributed by atoms with E-state index in [4.69, 9.17) is 4.42 Å². The number of benzene rings is 2. The number of halogens is 2. The maximum atomic E-state index is 13.3. The van der Waals surface area contributed by atoms with Crippen molar-refractivity contribution in [1.29, 1.82) is 5.26 Å². The van der Waals surface area contributed by atoms with Crippen molar-refractivity contribution in [2.24, 2.45) is 0 Å². The van der Waals surface area contributed by atoms with Crippen molar-refractivity contribution in [3.63, 3.8) is 0 Å². The molecular formula is C20H11F2N3O. The van der Waals surface area contributed by atoms with Crippen LogP contribution >= 0.6 is 0 Å². The summed E-state index contributed by atoms with van der Waals surface area (Å²) in [5.74, 6) is 0.480. The van der Waals surface area contributed by atoms with Gasteiger partial charge in [-0.1, -0.05) is 12.1 Å². The lowest BCUT2D eigenvalue weighted by molar-refractivity contribution is 0.570. The quantitative estimate of drug-likeness (QED) is 0.520. The van der Waals surface area contributed by atoms with E-state index in [0.29, 0.717) is 33.9 Å². The van der Waals surface area contributed by atoms with Crippen molar-refractivity contribution >= 4 is 22.7 Å². The Morgan fingerprint density at radius 3 is 2.73 bits per heavy atom. The van der Waals surface area contributed by atoms with Gasteiger partial charge in [-0.25, -0.2) is 13.8 Å². The number of nitrogens with zero attached hydrogens (tertiary/aromatic N) is 2. The molecule has 26 heavy (non-hydrogen) atoms. The highest BCUT2D eigenvalue weighted by Crippen LogP contribution is 2.26. The van der Waals surface area contributed by atoms with E-state index >= 15 is 0 Å². The number of hydrogen-bond acceptors (Lipinski definition) is 3. The Kier molecular flexibility index (Phi) is 3.82. The molecule has 0 unspecified atom stereocenters. The van der Waals surface area contributed by atoms with Crippen molar-refractivity contribution in [2.45, 2.75) is 0 Å². The van der Waals surface area contributed by atoms with Crippen molar-refractivity contribution in [3.05, 3.63) is 77.8 Å². The van der Waals surface area contributed by atoms with Gasteiger partial charge in [0.2, 0.25) is 0 Å². The third-order valence-corrected chi connectivity index (χ3v) is 3.84. The van der Waals surface area contributed by atoms with E-state index in [9.17, 15) is 14.0 Å². The highest BCUT2D eigenvalue weighted by Gasteiger charge is 2.11. The van der Waals surface area contributed by atoms with Crippen LogP contribution in [0.4, 0.5) is 8.78 Å². The smallest absolute Gasteiger partial charge is 0.149 e. The Hall–Kier alpha value is -3.72. The second-order valence-electron chi connectivity index (χ2n) is 5.63. The van der Waals surface area contributed by atoms with E-state index < -0.39 is 0 Å². The Bertz CT molecular complexity index is 1180. The molecule has 126 valence electrons. The summed E-state index contributed by atoms with van der Waals surface area (Å²) in [6, 6.07) is 15.6. The number of fused-ring (bicyclic) bond motifs is 1. The first-order chi connectivity index (χ1) is 12.6. The first-order valence-electron chi connectivity index (χ1n) is 7.75. The highest BCUT2D eigenvalue weighted by molar-refractivity contribution is 5.89. The van der Waals surface area contributed by atoms with E-state index in [0.717, 1.165) is 0 Å². The number of nitrogens with one attached hydrogen (secondary N) is 1. The number of rotatable bonds is 3. The maximum absolute atomic E-state index is 13.3. The number of furan rings is 1. The van der Waals surface area contributed by atoms with Crippen LogP contribution in [0.25, 0.3) is 34.0 Å². The fraction of sp³-hybridized carbons (Fsp3) is 0. The number of imidazole rings is 1. The first-order valence-corrected chi connectivity index (χ1v) is 7.75. The molecule has 0 aliphatic heterocycles. The third kappa shape index (κ3) is 2.98. The molecule has 0 spiro atoms. The lowest BCUT2D eigenvalue weighted by Crippen LogP contribution is -1.84. The van der Waals surface area contributed by atoms with Crippen molar-refractivity contribution in [3.8, 4) is 17.4 Å². The summed E-state index contributed by atoms with van der Waals surface area (Å²) in [6.07, 6.45) is 1.52. The van der Waals surface area contributed by atoms with Gasteiger partial charge in [-0.2, -0.15) is 5.26 Å². The molecular weight excluding hydrogens is 336 g/mol. The zero-order valence-corrected chi connectivity index (χ0v) is 13.3. The SMILES string of the molecule is N#C/C(=C/c1ccc(-c2cccc(F)c2)o1)c1nc2ccc(F)cc2[nH]1. The van der Waals surface area contributed by atoms with Crippen LogP contribution in [0.1, 0.15) is 11.6 Å². The molecule has 0 fully saturated rings. The molecule has 1 N–H and O–H groups in total. The number of hydrogen-bond donors (Lipinski definition) is 1. The number of nitriles is 1. The lowest BCUT2D eigenvalue weighted by atomic mass is 10.2. The Balaban J connectivity index is 1.70. The normalized spacial score (nSPS) is 11.7. The molecule has 2 aromatic carbocycles. The molecule has 0 bridgehead atoms. The average Bonchev–Trinajstić information content (AvgIpc) is 3.26. The topological polar surface area (TPSA) is 65.6 Å². The van der Waals surface area contributed by atoms with Gasteiger partial charge in [-0.15, -0.1) is 0 Å². The molecule has 0 amide bonds. The molecule has 4 rings (SSSR count). The van der Waals surface area contributed by atoms with E-state index in [1.807, 2.05) is 0 Å². The highest BCUT2D eigenvalue weighted by atomic mass is 19.1. The van der Waals surface area contributed by atoms with Crippen LogP contribution in [0.5, 0.6) is 0 Å². The van der Waals surface area contributed by atoms with Gasteiger partial charge in [0.25, 0.3) is 0 Å². The Morgan fingerprint density at radius 2 is 1.92 bits per heavy atom. The summed E-state index contributed by atoms with van der Waals surface area (Å²) in [6.45, 7) is 0. The van der Waals surface area contributed by atoms with E-state index in [1.165, 1.54) is 36.4 Å². The van der Waals surface area contributed by atoms with Crippen LogP contribution in [0.3, 0.4) is 0 Å². The summed E-state index contributed by atoms with van der Waals surface area (Å²) in [5, 5.41) is 9.44. The average molecular weight is 347 g/mol. The van der Waals surface area contributed by atoms with Gasteiger partial charge < -0.3 is 9.40 Å². The molecule has 4 aromatic rings. The van der Waals surface area contributed by atoms with Gasteiger partial charge in [-0.05, 0) is 42.5 Å². The standard InChI is InChI=1S/C20H11F2N3O/c21-14-3-1-2-12(8-14)19-7-5-16(26-19)9-13(11-23)20-24-17-6-4-15(22)10-18(17)25-20/h1-10H,(H,24,25)/b13-9-. The summed E-state index contributed by atoms with van der Waals surface area (Å²) >= 11 is 0. The fourth-order valence-corrected chi connectivity index (χ4v) is 2.63. The predicted octanol–water partition coefficient (Wildman–Crippen LogP) is 5.17. The van der Waals surface area contributed by atoms with Crippen molar-refractivity contribution in [2.75, 3.05) is 0 Å². The van der Waals surface area contributed by atoms with Crippen LogP contribution < -0.4 is 0 Å². The number of allylic oxidation sites excluding steroid dienone is 1. The van der Waals surface area contributed by atoms with Gasteiger partial charge in [0.15, 0.2) is 0 Å². The van der Waals surface area contributed by atoms with Crippen LogP contribution in [-0.2, 0) is 0 Å². The molecule has 0 aliphatic carbocycles. The summed E-state index contributed by atoms with van der Waals surface area (Å²) in [5.41, 5.74) is 1.90. The van der Waals surface area contributed by atoms with Crippen molar-refractivity contribution < 1.29 is 13.2 Å². The minimum absolute atomic E-state index is 0.238. The number of aromatic amines is 1. The van der Waals surface area contributed by atoms with Gasteiger partial charge in [0.1, 0.15) is 35.0 Å². The Labute approximate surface area is 147 Å². The van der Waals surface area contributed by atoms with E-state index in [-0.39, 0.29) is 17.2 Å². The van der Waals surface area contributed by atoms with Crippen LogP contribution in [0.2, 0.25) is 0 Å². The Morgan fingerprint density at radius 1 is 1.08 bits per heavy atom. The predicted molar refractivity (Wildman–Crippen MR) is 93.6 cm³/mol. The minimum atomic E-state index is -0.388. The second-order valence-corrected chi connectivity index (χ2v) is 5.63.